The summed E-state index contributed by atoms with van der Waals surface area (Å²) in [6.45, 7) is -1.33. The van der Waals surface area contributed by atoms with Gasteiger partial charge in [0.05, 0.1) is 28.3 Å². The van der Waals surface area contributed by atoms with Gasteiger partial charge in [-0.1, -0.05) is 0 Å². The molecule has 0 aliphatic carbocycles. The van der Waals surface area contributed by atoms with Gasteiger partial charge >= 0.3 is 12.2 Å². The third-order valence-electron chi connectivity index (χ3n) is 5.08. The van der Waals surface area contributed by atoms with Crippen molar-refractivity contribution in [1.29, 1.82) is 0 Å². The Labute approximate surface area is 208 Å². The number of rotatable bonds is 6. The largest absolute Gasteiger partial charge is 0.492 e. The molecule has 14 heteroatoms. The molecular formula is C23H19F5N4O4S. The minimum absolute atomic E-state index is 0.0140. The summed E-state index contributed by atoms with van der Waals surface area (Å²) in [5.74, 6) is -1.23. The predicted molar refractivity (Wildman–Crippen MR) is 123 cm³/mol. The maximum Gasteiger partial charge on any atom is 0.405 e. The van der Waals surface area contributed by atoms with E-state index in [9.17, 15) is 31.0 Å². The molecule has 1 atom stereocenters. The first-order chi connectivity index (χ1) is 17.4. The number of pyridine rings is 2. The van der Waals surface area contributed by atoms with Crippen LogP contribution >= 0.6 is 0 Å². The standard InChI is InChI=1S/C23H19F5N4O4S/c1-37(34,32-22(33)31-12-23(26,27)28)11-13-4-6-29-19(8-13)36-20-9-16(18(25)10-30-20)14-2-3-17(24)15-5-7-35-21(14)15/h2-4,6,8-10H,5,7,11-12H2,1H3,(H,31,33). The molecule has 2 amide bonds. The zero-order valence-corrected chi connectivity index (χ0v) is 20.0. The van der Waals surface area contributed by atoms with E-state index in [1.54, 1.807) is 0 Å². The second kappa shape index (κ2) is 10.3. The SMILES string of the molecule is CS(=O)(Cc1ccnc(Oc2cc(-c3ccc(F)c4c3OCC4)c(F)cn2)c1)=NC(=O)NCC(F)(F)F. The van der Waals surface area contributed by atoms with E-state index < -0.39 is 40.1 Å². The first kappa shape index (κ1) is 26.3. The number of hydrogen-bond donors (Lipinski definition) is 1. The molecule has 3 aromatic rings. The van der Waals surface area contributed by atoms with Gasteiger partial charge in [0.15, 0.2) is 0 Å². The number of fused-ring (bicyclic) bond motifs is 1. The maximum absolute atomic E-state index is 14.6. The topological polar surface area (TPSA) is 103 Å². The fourth-order valence-electron chi connectivity index (χ4n) is 3.58. The Kier molecular flexibility index (Phi) is 7.30. The van der Waals surface area contributed by atoms with Gasteiger partial charge < -0.3 is 14.8 Å². The zero-order valence-electron chi connectivity index (χ0n) is 19.1. The van der Waals surface area contributed by atoms with Crippen LogP contribution in [0.5, 0.6) is 17.5 Å². The second-order valence-electron chi connectivity index (χ2n) is 8.08. The highest BCUT2D eigenvalue weighted by molar-refractivity contribution is 7.92. The molecule has 0 radical (unpaired) electrons. The Balaban J connectivity index is 1.53. The van der Waals surface area contributed by atoms with E-state index in [2.05, 4.69) is 14.3 Å². The van der Waals surface area contributed by atoms with E-state index in [1.807, 2.05) is 0 Å². The van der Waals surface area contributed by atoms with Crippen molar-refractivity contribution in [2.45, 2.75) is 18.3 Å². The molecule has 1 aliphatic rings. The summed E-state index contributed by atoms with van der Waals surface area (Å²) >= 11 is 0. The number of amides is 2. The number of carbonyl (C=O) groups excluding carboxylic acids is 1. The number of urea groups is 1. The van der Waals surface area contributed by atoms with Gasteiger partial charge in [-0.15, -0.1) is 4.36 Å². The van der Waals surface area contributed by atoms with E-state index in [4.69, 9.17) is 9.47 Å². The van der Waals surface area contributed by atoms with Crippen LogP contribution in [-0.4, -0.2) is 45.8 Å². The minimum Gasteiger partial charge on any atom is -0.492 e. The molecule has 0 bridgehead atoms. The van der Waals surface area contributed by atoms with Gasteiger partial charge in [0, 0.05) is 47.7 Å². The highest BCUT2D eigenvalue weighted by atomic mass is 32.2. The van der Waals surface area contributed by atoms with Gasteiger partial charge in [0.25, 0.3) is 0 Å². The summed E-state index contributed by atoms with van der Waals surface area (Å²) in [5, 5.41) is 1.53. The summed E-state index contributed by atoms with van der Waals surface area (Å²) < 4.78 is 92.5. The van der Waals surface area contributed by atoms with Gasteiger partial charge in [0.2, 0.25) is 11.8 Å². The lowest BCUT2D eigenvalue weighted by Gasteiger charge is -2.12. The lowest BCUT2D eigenvalue weighted by molar-refractivity contribution is -0.122. The average molecular weight is 542 g/mol. The van der Waals surface area contributed by atoms with Crippen LogP contribution in [0.4, 0.5) is 26.7 Å². The van der Waals surface area contributed by atoms with Crippen molar-refractivity contribution in [1.82, 2.24) is 15.3 Å². The zero-order chi connectivity index (χ0) is 26.8. The molecule has 1 aromatic carbocycles. The molecule has 1 aliphatic heterocycles. The fraction of sp³-hybridized carbons (Fsp3) is 0.261. The molecule has 0 spiro atoms. The van der Waals surface area contributed by atoms with E-state index in [0.717, 1.165) is 12.5 Å². The Morgan fingerprint density at radius 3 is 2.65 bits per heavy atom. The van der Waals surface area contributed by atoms with Gasteiger partial charge in [-0.05, 0) is 23.8 Å². The summed E-state index contributed by atoms with van der Waals surface area (Å²) in [4.78, 5) is 19.5. The maximum atomic E-state index is 14.6. The highest BCUT2D eigenvalue weighted by Crippen LogP contribution is 2.40. The van der Waals surface area contributed by atoms with E-state index in [-0.39, 0.29) is 35.4 Å². The van der Waals surface area contributed by atoms with Crippen LogP contribution < -0.4 is 14.8 Å². The molecule has 2 aromatic heterocycles. The smallest absolute Gasteiger partial charge is 0.405 e. The third kappa shape index (κ3) is 6.70. The molecule has 37 heavy (non-hydrogen) atoms. The molecule has 3 heterocycles. The molecule has 8 nitrogen and oxygen atoms in total. The first-order valence-electron chi connectivity index (χ1n) is 10.7. The van der Waals surface area contributed by atoms with Crippen molar-refractivity contribution >= 4 is 15.8 Å². The number of hydrogen-bond acceptors (Lipinski definition) is 6. The number of ether oxygens (including phenoxy) is 2. The van der Waals surface area contributed by atoms with Crippen molar-refractivity contribution in [3.8, 4) is 28.6 Å². The van der Waals surface area contributed by atoms with Crippen LogP contribution in [0.2, 0.25) is 0 Å². The van der Waals surface area contributed by atoms with Crippen LogP contribution in [0.1, 0.15) is 11.1 Å². The van der Waals surface area contributed by atoms with Gasteiger partial charge in [-0.2, -0.15) is 13.2 Å². The minimum atomic E-state index is -4.63. The molecular weight excluding hydrogens is 523 g/mol. The summed E-state index contributed by atoms with van der Waals surface area (Å²) in [6.07, 6.45) is -0.905. The lowest BCUT2D eigenvalue weighted by Crippen LogP contribution is -2.32. The molecule has 0 saturated heterocycles. The normalized spacial score (nSPS) is 14.3. The Morgan fingerprint density at radius 2 is 1.89 bits per heavy atom. The Hall–Kier alpha value is -3.81. The monoisotopic (exact) mass is 542 g/mol. The van der Waals surface area contributed by atoms with Crippen LogP contribution in [0.25, 0.3) is 11.1 Å². The number of nitrogens with one attached hydrogen (secondary N) is 1. The molecule has 1 N–H and O–H groups in total. The van der Waals surface area contributed by atoms with Crippen LogP contribution in [0.15, 0.2) is 47.1 Å². The van der Waals surface area contributed by atoms with Crippen LogP contribution in [-0.2, 0) is 21.9 Å². The number of aromatic nitrogens is 2. The summed E-state index contributed by atoms with van der Waals surface area (Å²) in [5.41, 5.74) is 1.11. The molecule has 0 fully saturated rings. The van der Waals surface area contributed by atoms with Crippen molar-refractivity contribution in [2.75, 3.05) is 19.4 Å². The quantitative estimate of drug-likeness (QED) is 0.439. The molecule has 1 unspecified atom stereocenters. The van der Waals surface area contributed by atoms with E-state index in [0.29, 0.717) is 23.1 Å². The van der Waals surface area contributed by atoms with Crippen LogP contribution in [0, 0.1) is 11.6 Å². The number of alkyl halides is 3. The van der Waals surface area contributed by atoms with Gasteiger partial charge in [-0.3, -0.25) is 0 Å². The van der Waals surface area contributed by atoms with Gasteiger partial charge in [0.1, 0.15) is 23.9 Å². The number of halogens is 5. The van der Waals surface area contributed by atoms with Gasteiger partial charge in [-0.25, -0.2) is 27.8 Å². The van der Waals surface area contributed by atoms with E-state index >= 15 is 0 Å². The first-order valence-corrected chi connectivity index (χ1v) is 12.8. The number of benzene rings is 1. The van der Waals surface area contributed by atoms with Crippen molar-refractivity contribution in [3.63, 3.8) is 0 Å². The Morgan fingerprint density at radius 1 is 1.14 bits per heavy atom. The number of nitrogens with zero attached hydrogens (tertiary/aromatic N) is 3. The van der Waals surface area contributed by atoms with Crippen molar-refractivity contribution in [2.24, 2.45) is 4.36 Å². The fourth-order valence-corrected chi connectivity index (χ4v) is 4.86. The van der Waals surface area contributed by atoms with E-state index in [1.165, 1.54) is 41.8 Å². The van der Waals surface area contributed by atoms with Crippen molar-refractivity contribution < 1.29 is 40.4 Å². The Bertz CT molecular complexity index is 1470. The second-order valence-corrected chi connectivity index (χ2v) is 10.5. The summed E-state index contributed by atoms with van der Waals surface area (Å²) in [7, 11) is -3.25. The third-order valence-corrected chi connectivity index (χ3v) is 6.50. The predicted octanol–water partition coefficient (Wildman–Crippen LogP) is 5.02. The van der Waals surface area contributed by atoms with Crippen molar-refractivity contribution in [3.05, 3.63) is 65.5 Å². The molecule has 196 valence electrons. The number of carbonyl (C=O) groups is 1. The average Bonchev–Trinajstić information content (AvgIpc) is 3.30. The highest BCUT2D eigenvalue weighted by Gasteiger charge is 2.28. The van der Waals surface area contributed by atoms with Crippen LogP contribution in [0.3, 0.4) is 0 Å². The summed E-state index contributed by atoms with van der Waals surface area (Å²) in [6, 6.07) is 5.40. The lowest BCUT2D eigenvalue weighted by atomic mass is 10.0. The molecule has 0 saturated carbocycles. The molecule has 4 rings (SSSR count).